The Morgan fingerprint density at radius 2 is 1.96 bits per heavy atom. The molecule has 6 heteroatoms. The summed E-state index contributed by atoms with van der Waals surface area (Å²) in [5.74, 6) is 2.37. The molecule has 0 aliphatic heterocycles. The molecule has 4 aromatic rings. The summed E-state index contributed by atoms with van der Waals surface area (Å²) in [5.41, 5.74) is 4.55. The van der Waals surface area contributed by atoms with Crippen LogP contribution in [0.5, 0.6) is 11.5 Å². The lowest BCUT2D eigenvalue weighted by molar-refractivity contribution is 0.395. The molecule has 0 spiro atoms. The number of rotatable bonds is 3. The number of aryl methyl sites for hydroxylation is 1. The highest BCUT2D eigenvalue weighted by atomic mass is 16.5. The molecule has 1 aromatic carbocycles. The first-order valence-corrected chi connectivity index (χ1v) is 7.26. The number of benzene rings is 1. The molecule has 0 saturated heterocycles. The predicted octanol–water partition coefficient (Wildman–Crippen LogP) is 3.20. The van der Waals surface area contributed by atoms with E-state index in [-0.39, 0.29) is 0 Å². The second-order valence-corrected chi connectivity index (χ2v) is 5.26. The summed E-state index contributed by atoms with van der Waals surface area (Å²) in [6.07, 6.45) is 3.71. The highest BCUT2D eigenvalue weighted by Gasteiger charge is 2.17. The summed E-state index contributed by atoms with van der Waals surface area (Å²) in [5, 5.41) is 0. The zero-order valence-corrected chi connectivity index (χ0v) is 13.1. The Balaban J connectivity index is 2.03. The summed E-state index contributed by atoms with van der Waals surface area (Å²) in [6, 6.07) is 7.72. The van der Waals surface area contributed by atoms with Gasteiger partial charge in [-0.25, -0.2) is 9.97 Å². The smallest absolute Gasteiger partial charge is 0.154 e. The van der Waals surface area contributed by atoms with Crippen molar-refractivity contribution < 1.29 is 9.47 Å². The molecule has 23 heavy (non-hydrogen) atoms. The van der Waals surface area contributed by atoms with E-state index in [1.807, 2.05) is 43.6 Å². The van der Waals surface area contributed by atoms with Crippen LogP contribution in [0.4, 0.5) is 0 Å². The number of H-pyrrole nitrogens is 1. The maximum atomic E-state index is 5.52. The Morgan fingerprint density at radius 3 is 2.74 bits per heavy atom. The highest BCUT2D eigenvalue weighted by molar-refractivity contribution is 5.86. The molecule has 0 fully saturated rings. The molecule has 0 amide bonds. The molecule has 3 heterocycles. The van der Waals surface area contributed by atoms with E-state index in [1.54, 1.807) is 14.2 Å². The molecule has 0 atom stereocenters. The van der Waals surface area contributed by atoms with Gasteiger partial charge in [0.25, 0.3) is 0 Å². The average Bonchev–Trinajstić information content (AvgIpc) is 3.18. The Hall–Kier alpha value is -3.02. The summed E-state index contributed by atoms with van der Waals surface area (Å²) < 4.78 is 12.9. The molecule has 0 radical (unpaired) electrons. The normalized spacial score (nSPS) is 11.3. The van der Waals surface area contributed by atoms with E-state index >= 15 is 0 Å². The van der Waals surface area contributed by atoms with Crippen molar-refractivity contribution in [3.05, 3.63) is 42.5 Å². The second kappa shape index (κ2) is 5.01. The molecule has 0 aliphatic carbocycles. The maximum Gasteiger partial charge on any atom is 0.154 e. The third kappa shape index (κ3) is 1.95. The van der Waals surface area contributed by atoms with Crippen molar-refractivity contribution >= 4 is 16.7 Å². The molecular formula is C17H16N4O2. The maximum absolute atomic E-state index is 5.52. The molecule has 0 unspecified atom stereocenters. The van der Waals surface area contributed by atoms with Gasteiger partial charge in [0.05, 0.1) is 31.4 Å². The number of hydrogen-bond acceptors (Lipinski definition) is 4. The summed E-state index contributed by atoms with van der Waals surface area (Å²) >= 11 is 0. The minimum Gasteiger partial charge on any atom is -0.497 e. The molecular weight excluding hydrogens is 292 g/mol. The van der Waals surface area contributed by atoms with Gasteiger partial charge >= 0.3 is 0 Å². The van der Waals surface area contributed by atoms with Crippen LogP contribution in [0, 0.1) is 6.92 Å². The predicted molar refractivity (Wildman–Crippen MR) is 88.1 cm³/mol. The third-order valence-corrected chi connectivity index (χ3v) is 4.01. The third-order valence-electron chi connectivity index (χ3n) is 4.01. The van der Waals surface area contributed by atoms with Crippen molar-refractivity contribution in [2.24, 2.45) is 0 Å². The lowest BCUT2D eigenvalue weighted by Gasteiger charge is -2.09. The van der Waals surface area contributed by atoms with Gasteiger partial charge in [0, 0.05) is 17.8 Å². The Labute approximate surface area is 132 Å². The topological polar surface area (TPSA) is 64.4 Å². The van der Waals surface area contributed by atoms with Gasteiger partial charge in [-0.05, 0) is 25.1 Å². The quantitative estimate of drug-likeness (QED) is 0.631. The minimum atomic E-state index is 0.721. The van der Waals surface area contributed by atoms with E-state index in [0.29, 0.717) is 0 Å². The van der Waals surface area contributed by atoms with Gasteiger partial charge in [0.2, 0.25) is 0 Å². The molecule has 3 aromatic heterocycles. The average molecular weight is 308 g/mol. The number of ether oxygens (including phenoxy) is 2. The first kappa shape index (κ1) is 13.6. The van der Waals surface area contributed by atoms with Crippen molar-refractivity contribution in [2.45, 2.75) is 6.92 Å². The van der Waals surface area contributed by atoms with Crippen LogP contribution in [0.25, 0.3) is 27.9 Å². The van der Waals surface area contributed by atoms with E-state index in [2.05, 4.69) is 14.4 Å². The van der Waals surface area contributed by atoms with Crippen LogP contribution >= 0.6 is 0 Å². The fraction of sp³-hybridized carbons (Fsp3) is 0.176. The van der Waals surface area contributed by atoms with Gasteiger partial charge in [-0.15, -0.1) is 0 Å². The van der Waals surface area contributed by atoms with E-state index < -0.39 is 0 Å². The van der Waals surface area contributed by atoms with Crippen LogP contribution in [-0.4, -0.2) is 33.6 Å². The van der Waals surface area contributed by atoms with E-state index in [9.17, 15) is 0 Å². The van der Waals surface area contributed by atoms with Crippen LogP contribution in [0.2, 0.25) is 0 Å². The number of aromatic nitrogens is 4. The minimum absolute atomic E-state index is 0.721. The first-order chi connectivity index (χ1) is 11.2. The number of fused-ring (bicyclic) bond motifs is 3. The summed E-state index contributed by atoms with van der Waals surface area (Å²) in [6.45, 7) is 1.99. The highest BCUT2D eigenvalue weighted by Crippen LogP contribution is 2.35. The van der Waals surface area contributed by atoms with Crippen molar-refractivity contribution in [2.75, 3.05) is 14.2 Å². The molecule has 116 valence electrons. The van der Waals surface area contributed by atoms with Crippen LogP contribution in [-0.2, 0) is 0 Å². The number of nitrogens with one attached hydrogen (secondary N) is 1. The van der Waals surface area contributed by atoms with Crippen LogP contribution in [0.3, 0.4) is 0 Å². The molecule has 0 saturated carbocycles. The Morgan fingerprint density at radius 1 is 1.09 bits per heavy atom. The molecule has 0 bridgehead atoms. The van der Waals surface area contributed by atoms with Gasteiger partial charge in [0.1, 0.15) is 23.0 Å². The van der Waals surface area contributed by atoms with E-state index in [1.165, 1.54) is 0 Å². The van der Waals surface area contributed by atoms with Crippen LogP contribution in [0.1, 0.15) is 5.82 Å². The fourth-order valence-electron chi connectivity index (χ4n) is 2.93. The molecule has 6 nitrogen and oxygen atoms in total. The Bertz CT molecular complexity index is 1020. The fourth-order valence-corrected chi connectivity index (χ4v) is 2.93. The summed E-state index contributed by atoms with van der Waals surface area (Å²) in [4.78, 5) is 12.3. The van der Waals surface area contributed by atoms with Gasteiger partial charge in [-0.2, -0.15) is 0 Å². The first-order valence-electron chi connectivity index (χ1n) is 7.26. The van der Waals surface area contributed by atoms with Crippen LogP contribution in [0.15, 0.2) is 36.7 Å². The number of aromatic amines is 1. The van der Waals surface area contributed by atoms with Gasteiger partial charge in [-0.3, -0.25) is 4.40 Å². The molecule has 0 aliphatic rings. The molecule has 1 N–H and O–H groups in total. The number of methoxy groups -OCH3 is 2. The van der Waals surface area contributed by atoms with Crippen LogP contribution < -0.4 is 9.47 Å². The van der Waals surface area contributed by atoms with Gasteiger partial charge in [0.15, 0.2) is 5.65 Å². The van der Waals surface area contributed by atoms with Crippen molar-refractivity contribution in [3.8, 4) is 22.8 Å². The number of hydrogen-bond donors (Lipinski definition) is 1. The Kier molecular flexibility index (Phi) is 2.97. The number of nitrogens with zero attached hydrogens (tertiary/aromatic N) is 3. The SMILES string of the molecule is COc1ccc(-c2nc(C)n3c2cnc2[nH]ccc23)c(OC)c1. The lowest BCUT2D eigenvalue weighted by Crippen LogP contribution is -1.92. The van der Waals surface area contributed by atoms with E-state index in [0.717, 1.165) is 45.3 Å². The monoisotopic (exact) mass is 308 g/mol. The van der Waals surface area contributed by atoms with Crippen molar-refractivity contribution in [1.82, 2.24) is 19.4 Å². The van der Waals surface area contributed by atoms with Gasteiger partial charge in [-0.1, -0.05) is 0 Å². The molecule has 4 rings (SSSR count). The second-order valence-electron chi connectivity index (χ2n) is 5.26. The van der Waals surface area contributed by atoms with Gasteiger partial charge < -0.3 is 14.5 Å². The van der Waals surface area contributed by atoms with Crippen molar-refractivity contribution in [3.63, 3.8) is 0 Å². The zero-order chi connectivity index (χ0) is 16.0. The summed E-state index contributed by atoms with van der Waals surface area (Å²) in [7, 11) is 3.28. The van der Waals surface area contributed by atoms with E-state index in [4.69, 9.17) is 14.5 Å². The van der Waals surface area contributed by atoms with Crippen molar-refractivity contribution in [1.29, 1.82) is 0 Å². The zero-order valence-electron chi connectivity index (χ0n) is 13.1. The standard InChI is InChI=1S/C17H16N4O2/c1-10-20-16(12-5-4-11(22-2)8-15(12)23-3)14-9-19-17-13(21(10)14)6-7-18-17/h4-9,18H,1-3H3. The lowest BCUT2D eigenvalue weighted by atomic mass is 10.1. The number of imidazole rings is 1. The largest absolute Gasteiger partial charge is 0.497 e.